The van der Waals surface area contributed by atoms with Crippen LogP contribution in [0, 0.1) is 0 Å². The van der Waals surface area contributed by atoms with Crippen LogP contribution in [-0.4, -0.2) is 20.1 Å². The predicted molar refractivity (Wildman–Crippen MR) is 93.0 cm³/mol. The molecule has 23 heavy (non-hydrogen) atoms. The molecular formula is C17H17NO3S2. The van der Waals surface area contributed by atoms with Crippen molar-refractivity contribution in [2.24, 2.45) is 0 Å². The second kappa shape index (κ2) is 6.80. The van der Waals surface area contributed by atoms with Gasteiger partial charge in [0.15, 0.2) is 0 Å². The summed E-state index contributed by atoms with van der Waals surface area (Å²) >= 11 is 1.51. The highest BCUT2D eigenvalue weighted by molar-refractivity contribution is 7.89. The Bertz CT molecular complexity index is 884. The molecule has 0 saturated heterocycles. The Kier molecular flexibility index (Phi) is 4.77. The van der Waals surface area contributed by atoms with E-state index in [2.05, 4.69) is 4.72 Å². The van der Waals surface area contributed by atoms with Gasteiger partial charge in [-0.25, -0.2) is 13.1 Å². The molecule has 1 aromatic heterocycles. The zero-order chi connectivity index (χ0) is 16.3. The number of aliphatic hydroxyl groups excluding tert-OH is 1. The van der Waals surface area contributed by atoms with E-state index in [-0.39, 0.29) is 11.4 Å². The molecule has 0 saturated carbocycles. The minimum Gasteiger partial charge on any atom is -0.388 e. The maximum Gasteiger partial charge on any atom is 0.241 e. The van der Waals surface area contributed by atoms with Crippen molar-refractivity contribution in [3.05, 3.63) is 64.9 Å². The van der Waals surface area contributed by atoms with Crippen molar-refractivity contribution in [3.8, 4) is 0 Å². The summed E-state index contributed by atoms with van der Waals surface area (Å²) in [5, 5.41) is 15.4. The monoisotopic (exact) mass is 347 g/mol. The minimum atomic E-state index is -3.61. The van der Waals surface area contributed by atoms with E-state index in [1.165, 1.54) is 11.3 Å². The maximum absolute atomic E-state index is 12.5. The van der Waals surface area contributed by atoms with Crippen molar-refractivity contribution in [1.82, 2.24) is 4.72 Å². The summed E-state index contributed by atoms with van der Waals surface area (Å²) in [5.41, 5.74) is 0.819. The van der Waals surface area contributed by atoms with E-state index in [0.29, 0.717) is 11.8 Å². The summed E-state index contributed by atoms with van der Waals surface area (Å²) in [6.45, 7) is 0.183. The standard InChI is InChI=1S/C17H17NO3S2/c19-16(14-9-11-22-12-14)8-10-18-23(20,21)17-7-3-5-13-4-1-2-6-15(13)17/h1-7,9,11-12,16,18-19H,8,10H2. The van der Waals surface area contributed by atoms with Gasteiger partial charge in [-0.3, -0.25) is 0 Å². The normalized spacial score (nSPS) is 13.3. The molecule has 120 valence electrons. The van der Waals surface area contributed by atoms with E-state index in [9.17, 15) is 13.5 Å². The van der Waals surface area contributed by atoms with E-state index in [0.717, 1.165) is 10.9 Å². The van der Waals surface area contributed by atoms with Crippen LogP contribution < -0.4 is 4.72 Å². The highest BCUT2D eigenvalue weighted by Gasteiger charge is 2.17. The molecule has 0 spiro atoms. The Morgan fingerprint density at radius 3 is 2.65 bits per heavy atom. The largest absolute Gasteiger partial charge is 0.388 e. The van der Waals surface area contributed by atoms with Gasteiger partial charge in [-0.15, -0.1) is 0 Å². The lowest BCUT2D eigenvalue weighted by molar-refractivity contribution is 0.169. The molecule has 0 bridgehead atoms. The molecule has 1 heterocycles. The van der Waals surface area contributed by atoms with E-state index in [1.807, 2.05) is 41.1 Å². The van der Waals surface area contributed by atoms with Gasteiger partial charge in [-0.2, -0.15) is 11.3 Å². The Morgan fingerprint density at radius 1 is 1.09 bits per heavy atom. The number of thiophene rings is 1. The molecule has 4 nitrogen and oxygen atoms in total. The van der Waals surface area contributed by atoms with Crippen LogP contribution >= 0.6 is 11.3 Å². The van der Waals surface area contributed by atoms with Crippen molar-refractivity contribution in [1.29, 1.82) is 0 Å². The number of nitrogens with one attached hydrogen (secondary N) is 1. The molecule has 0 amide bonds. The summed E-state index contributed by atoms with van der Waals surface area (Å²) in [6.07, 6.45) is -0.322. The van der Waals surface area contributed by atoms with E-state index in [4.69, 9.17) is 0 Å². The number of aliphatic hydroxyl groups is 1. The SMILES string of the molecule is O=S(=O)(NCCC(O)c1ccsc1)c1cccc2ccccc12. The fourth-order valence-corrected chi connectivity index (χ4v) is 4.45. The van der Waals surface area contributed by atoms with Gasteiger partial charge in [0.1, 0.15) is 0 Å². The second-order valence-electron chi connectivity index (χ2n) is 5.24. The Labute approximate surface area is 139 Å². The summed E-state index contributed by atoms with van der Waals surface area (Å²) in [4.78, 5) is 0.264. The highest BCUT2D eigenvalue weighted by atomic mass is 32.2. The van der Waals surface area contributed by atoms with Crippen molar-refractivity contribution < 1.29 is 13.5 Å². The molecule has 6 heteroatoms. The molecule has 1 unspecified atom stereocenters. The van der Waals surface area contributed by atoms with Crippen molar-refractivity contribution in [3.63, 3.8) is 0 Å². The number of rotatable bonds is 6. The molecule has 0 aliphatic heterocycles. The van der Waals surface area contributed by atoms with Gasteiger partial charge < -0.3 is 5.11 Å². The predicted octanol–water partition coefficient (Wildman–Crippen LogP) is 3.30. The molecule has 0 fully saturated rings. The number of sulfonamides is 1. The van der Waals surface area contributed by atoms with Crippen molar-refractivity contribution in [2.75, 3.05) is 6.54 Å². The molecular weight excluding hydrogens is 330 g/mol. The topological polar surface area (TPSA) is 66.4 Å². The number of fused-ring (bicyclic) bond motifs is 1. The average Bonchev–Trinajstić information content (AvgIpc) is 3.08. The third kappa shape index (κ3) is 3.61. The molecule has 3 rings (SSSR count). The van der Waals surface area contributed by atoms with Crippen LogP contribution in [0.3, 0.4) is 0 Å². The third-order valence-corrected chi connectivity index (χ3v) is 5.90. The summed E-state index contributed by atoms with van der Waals surface area (Å²) in [6, 6.07) is 14.4. The van der Waals surface area contributed by atoms with Crippen LogP contribution in [0.1, 0.15) is 18.1 Å². The second-order valence-corrected chi connectivity index (χ2v) is 7.75. The average molecular weight is 347 g/mol. The number of hydrogen-bond donors (Lipinski definition) is 2. The van der Waals surface area contributed by atoms with Gasteiger partial charge >= 0.3 is 0 Å². The van der Waals surface area contributed by atoms with Gasteiger partial charge in [0.2, 0.25) is 10.0 Å². The first-order valence-electron chi connectivity index (χ1n) is 7.25. The molecule has 0 radical (unpaired) electrons. The van der Waals surface area contributed by atoms with Crippen LogP contribution in [-0.2, 0) is 10.0 Å². The first-order chi connectivity index (χ1) is 11.1. The van der Waals surface area contributed by atoms with Crippen LogP contribution in [0.15, 0.2) is 64.2 Å². The van der Waals surface area contributed by atoms with Crippen molar-refractivity contribution in [2.45, 2.75) is 17.4 Å². The number of benzene rings is 2. The van der Waals surface area contributed by atoms with Crippen LogP contribution in [0.5, 0.6) is 0 Å². The van der Waals surface area contributed by atoms with Gasteiger partial charge in [0, 0.05) is 11.9 Å². The fourth-order valence-electron chi connectivity index (χ4n) is 2.47. The fraction of sp³-hybridized carbons (Fsp3) is 0.176. The lowest BCUT2D eigenvalue weighted by Gasteiger charge is -2.12. The van der Waals surface area contributed by atoms with E-state index < -0.39 is 16.1 Å². The quantitative estimate of drug-likeness (QED) is 0.719. The molecule has 0 aliphatic rings. The molecule has 2 aromatic carbocycles. The molecule has 0 aliphatic carbocycles. The summed E-state index contributed by atoms with van der Waals surface area (Å²) < 4.78 is 27.6. The van der Waals surface area contributed by atoms with Crippen LogP contribution in [0.25, 0.3) is 10.8 Å². The number of hydrogen-bond acceptors (Lipinski definition) is 4. The maximum atomic E-state index is 12.5. The molecule has 3 aromatic rings. The Balaban J connectivity index is 1.74. The highest BCUT2D eigenvalue weighted by Crippen LogP contribution is 2.23. The summed E-state index contributed by atoms with van der Waals surface area (Å²) in [5.74, 6) is 0. The lowest BCUT2D eigenvalue weighted by Crippen LogP contribution is -2.26. The first-order valence-corrected chi connectivity index (χ1v) is 9.68. The smallest absolute Gasteiger partial charge is 0.241 e. The molecule has 2 N–H and O–H groups in total. The van der Waals surface area contributed by atoms with Crippen LogP contribution in [0.2, 0.25) is 0 Å². The van der Waals surface area contributed by atoms with Crippen molar-refractivity contribution >= 4 is 32.1 Å². The van der Waals surface area contributed by atoms with Crippen LogP contribution in [0.4, 0.5) is 0 Å². The van der Waals surface area contributed by atoms with Gasteiger partial charge in [0.25, 0.3) is 0 Å². The summed E-state index contributed by atoms with van der Waals surface area (Å²) in [7, 11) is -3.61. The zero-order valence-corrected chi connectivity index (χ0v) is 14.0. The minimum absolute atomic E-state index is 0.183. The lowest BCUT2D eigenvalue weighted by atomic mass is 10.1. The molecule has 1 atom stereocenters. The van der Waals surface area contributed by atoms with E-state index in [1.54, 1.807) is 18.2 Å². The van der Waals surface area contributed by atoms with Gasteiger partial charge in [-0.05, 0) is 40.3 Å². The Hall–Kier alpha value is -1.73. The third-order valence-electron chi connectivity index (χ3n) is 3.68. The Morgan fingerprint density at radius 2 is 1.87 bits per heavy atom. The van der Waals surface area contributed by atoms with Gasteiger partial charge in [-0.1, -0.05) is 36.4 Å². The first kappa shape index (κ1) is 16.1. The van der Waals surface area contributed by atoms with Gasteiger partial charge in [0.05, 0.1) is 11.0 Å². The van der Waals surface area contributed by atoms with E-state index >= 15 is 0 Å². The zero-order valence-electron chi connectivity index (χ0n) is 12.3.